The summed E-state index contributed by atoms with van der Waals surface area (Å²) >= 11 is 0. The summed E-state index contributed by atoms with van der Waals surface area (Å²) in [6, 6.07) is 0.524. The average molecular weight is 266 g/mol. The van der Waals surface area contributed by atoms with Gasteiger partial charge in [0.25, 0.3) is 0 Å². The maximum Gasteiger partial charge on any atom is 0.241 e. The molecule has 19 heavy (non-hydrogen) atoms. The number of carbonyl (C=O) groups excluding carboxylic acids is 1. The van der Waals surface area contributed by atoms with Crippen LogP contribution in [-0.2, 0) is 4.79 Å². The Hall–Kier alpha value is -0.570. The highest BCUT2D eigenvalue weighted by Gasteiger charge is 2.42. The topological polar surface area (TPSA) is 32.3 Å². The third-order valence-corrected chi connectivity index (χ3v) is 5.36. The van der Waals surface area contributed by atoms with E-state index in [2.05, 4.69) is 37.9 Å². The number of amides is 1. The first kappa shape index (κ1) is 14.8. The van der Waals surface area contributed by atoms with E-state index in [0.29, 0.717) is 17.9 Å². The molecule has 1 N–H and O–H groups in total. The van der Waals surface area contributed by atoms with Crippen LogP contribution < -0.4 is 5.32 Å². The van der Waals surface area contributed by atoms with Gasteiger partial charge in [-0.25, -0.2) is 0 Å². The summed E-state index contributed by atoms with van der Waals surface area (Å²) < 4.78 is 0. The minimum atomic E-state index is 0.0453. The highest BCUT2D eigenvalue weighted by Crippen LogP contribution is 2.32. The van der Waals surface area contributed by atoms with Crippen molar-refractivity contribution in [3.05, 3.63) is 0 Å². The molecule has 1 aliphatic carbocycles. The molecule has 0 radical (unpaired) electrons. The van der Waals surface area contributed by atoms with E-state index in [9.17, 15) is 4.79 Å². The lowest BCUT2D eigenvalue weighted by Crippen LogP contribution is -2.45. The second-order valence-electron chi connectivity index (χ2n) is 6.53. The molecule has 110 valence electrons. The normalized spacial score (nSPS) is 37.7. The van der Waals surface area contributed by atoms with Gasteiger partial charge >= 0.3 is 0 Å². The fourth-order valence-electron chi connectivity index (χ4n) is 3.73. The quantitative estimate of drug-likeness (QED) is 0.848. The first-order chi connectivity index (χ1) is 9.08. The predicted octanol–water partition coefficient (Wildman–Crippen LogP) is 3.15. The molecule has 1 saturated heterocycles. The zero-order valence-corrected chi connectivity index (χ0v) is 13.0. The van der Waals surface area contributed by atoms with Crippen LogP contribution in [0, 0.1) is 11.8 Å². The van der Waals surface area contributed by atoms with E-state index in [-0.39, 0.29) is 12.2 Å². The lowest BCUT2D eigenvalue weighted by Gasteiger charge is -2.36. The van der Waals surface area contributed by atoms with Gasteiger partial charge in [-0.05, 0) is 44.4 Å². The van der Waals surface area contributed by atoms with E-state index in [1.54, 1.807) is 0 Å². The van der Waals surface area contributed by atoms with Gasteiger partial charge in [-0.2, -0.15) is 0 Å². The molecule has 1 heterocycles. The minimum absolute atomic E-state index is 0.0453. The summed E-state index contributed by atoms with van der Waals surface area (Å²) in [6.45, 7) is 8.78. The lowest BCUT2D eigenvalue weighted by atomic mass is 9.83. The average Bonchev–Trinajstić information content (AvgIpc) is 2.73. The van der Waals surface area contributed by atoms with Crippen LogP contribution in [-0.4, -0.2) is 29.1 Å². The third-order valence-electron chi connectivity index (χ3n) is 5.36. The SMILES string of the molecule is CCC1CCC(N2C(=O)C(C(C)CC)NC2C)CC1. The number of rotatable bonds is 4. The Morgan fingerprint density at radius 2 is 1.89 bits per heavy atom. The molecule has 0 bridgehead atoms. The van der Waals surface area contributed by atoms with E-state index in [1.165, 1.54) is 32.1 Å². The maximum atomic E-state index is 12.6. The highest BCUT2D eigenvalue weighted by atomic mass is 16.2. The van der Waals surface area contributed by atoms with Crippen molar-refractivity contribution in [3.8, 4) is 0 Å². The van der Waals surface area contributed by atoms with Crippen LogP contribution in [0.3, 0.4) is 0 Å². The van der Waals surface area contributed by atoms with Gasteiger partial charge in [0, 0.05) is 6.04 Å². The molecule has 1 saturated carbocycles. The van der Waals surface area contributed by atoms with Gasteiger partial charge in [0.1, 0.15) is 0 Å². The smallest absolute Gasteiger partial charge is 0.241 e. The fourth-order valence-corrected chi connectivity index (χ4v) is 3.73. The second kappa shape index (κ2) is 6.25. The Labute approximate surface area is 118 Å². The van der Waals surface area contributed by atoms with Crippen molar-refractivity contribution in [2.24, 2.45) is 11.8 Å². The molecular weight excluding hydrogens is 236 g/mol. The van der Waals surface area contributed by atoms with Crippen molar-refractivity contribution in [2.75, 3.05) is 0 Å². The molecule has 2 aliphatic rings. The molecule has 1 amide bonds. The molecule has 0 aromatic rings. The molecule has 0 spiro atoms. The second-order valence-corrected chi connectivity index (χ2v) is 6.53. The lowest BCUT2D eigenvalue weighted by molar-refractivity contribution is -0.133. The summed E-state index contributed by atoms with van der Waals surface area (Å²) in [4.78, 5) is 14.8. The molecular formula is C16H30N2O. The number of nitrogens with zero attached hydrogens (tertiary/aromatic N) is 1. The minimum Gasteiger partial charge on any atom is -0.323 e. The highest BCUT2D eigenvalue weighted by molar-refractivity contribution is 5.84. The van der Waals surface area contributed by atoms with Crippen molar-refractivity contribution in [1.29, 1.82) is 0 Å². The molecule has 3 heteroatoms. The summed E-state index contributed by atoms with van der Waals surface area (Å²) in [5.74, 6) is 1.68. The van der Waals surface area contributed by atoms with Crippen LogP contribution in [0.5, 0.6) is 0 Å². The molecule has 0 aromatic heterocycles. The van der Waals surface area contributed by atoms with E-state index >= 15 is 0 Å². The van der Waals surface area contributed by atoms with Crippen LogP contribution in [0.15, 0.2) is 0 Å². The molecule has 0 aromatic carbocycles. The van der Waals surface area contributed by atoms with Crippen LogP contribution >= 0.6 is 0 Å². The van der Waals surface area contributed by atoms with E-state index in [4.69, 9.17) is 0 Å². The standard InChI is InChI=1S/C16H30N2O/c1-5-11(3)15-16(19)18(12(4)17-15)14-9-7-13(6-2)8-10-14/h11-15,17H,5-10H2,1-4H3. The summed E-state index contributed by atoms with van der Waals surface area (Å²) in [5, 5.41) is 3.50. The third kappa shape index (κ3) is 2.96. The van der Waals surface area contributed by atoms with Crippen LogP contribution in [0.1, 0.15) is 66.2 Å². The summed E-state index contributed by atoms with van der Waals surface area (Å²) in [5.41, 5.74) is 0. The van der Waals surface area contributed by atoms with E-state index in [0.717, 1.165) is 12.3 Å². The zero-order valence-electron chi connectivity index (χ0n) is 13.0. The first-order valence-corrected chi connectivity index (χ1v) is 8.16. The Balaban J connectivity index is 1.99. The van der Waals surface area contributed by atoms with Gasteiger partial charge in [-0.3, -0.25) is 10.1 Å². The van der Waals surface area contributed by atoms with Crippen LogP contribution in [0.4, 0.5) is 0 Å². The van der Waals surface area contributed by atoms with Crippen LogP contribution in [0.25, 0.3) is 0 Å². The van der Waals surface area contributed by atoms with E-state index < -0.39 is 0 Å². The van der Waals surface area contributed by atoms with Crippen molar-refractivity contribution in [2.45, 2.75) is 84.5 Å². The zero-order chi connectivity index (χ0) is 14.0. The van der Waals surface area contributed by atoms with Crippen molar-refractivity contribution in [3.63, 3.8) is 0 Å². The molecule has 2 fully saturated rings. The Morgan fingerprint density at radius 3 is 2.42 bits per heavy atom. The van der Waals surface area contributed by atoms with Gasteiger partial charge in [0.15, 0.2) is 0 Å². The van der Waals surface area contributed by atoms with Crippen molar-refractivity contribution in [1.82, 2.24) is 10.2 Å². The van der Waals surface area contributed by atoms with E-state index in [1.807, 2.05) is 0 Å². The van der Waals surface area contributed by atoms with Gasteiger partial charge < -0.3 is 4.90 Å². The van der Waals surface area contributed by atoms with Gasteiger partial charge in [-0.15, -0.1) is 0 Å². The fraction of sp³-hybridized carbons (Fsp3) is 0.938. The number of hydrogen-bond donors (Lipinski definition) is 1. The summed E-state index contributed by atoms with van der Waals surface area (Å²) in [7, 11) is 0. The number of carbonyl (C=O) groups is 1. The summed E-state index contributed by atoms with van der Waals surface area (Å²) in [6.07, 6.45) is 7.57. The maximum absolute atomic E-state index is 12.6. The van der Waals surface area contributed by atoms with Crippen molar-refractivity contribution < 1.29 is 4.79 Å². The van der Waals surface area contributed by atoms with Gasteiger partial charge in [0.2, 0.25) is 5.91 Å². The number of hydrogen-bond acceptors (Lipinski definition) is 2. The van der Waals surface area contributed by atoms with Gasteiger partial charge in [0.05, 0.1) is 12.2 Å². The Morgan fingerprint density at radius 1 is 1.26 bits per heavy atom. The van der Waals surface area contributed by atoms with Gasteiger partial charge in [-0.1, -0.05) is 33.6 Å². The Kier molecular flexibility index (Phi) is 4.88. The Bertz CT molecular complexity index is 310. The largest absolute Gasteiger partial charge is 0.323 e. The van der Waals surface area contributed by atoms with Crippen molar-refractivity contribution >= 4 is 5.91 Å². The molecule has 3 atom stereocenters. The predicted molar refractivity (Wildman–Crippen MR) is 78.7 cm³/mol. The molecule has 1 aliphatic heterocycles. The molecule has 3 nitrogen and oxygen atoms in total. The molecule has 3 unspecified atom stereocenters. The van der Waals surface area contributed by atoms with Crippen LogP contribution in [0.2, 0.25) is 0 Å². The molecule has 2 rings (SSSR count). The number of nitrogens with one attached hydrogen (secondary N) is 1. The monoisotopic (exact) mass is 266 g/mol. The first-order valence-electron chi connectivity index (χ1n) is 8.16.